The number of hydrogen-bond acceptors (Lipinski definition) is 4. The first-order valence-corrected chi connectivity index (χ1v) is 10.1. The van der Waals surface area contributed by atoms with Crippen molar-refractivity contribution >= 4 is 34.4 Å². The van der Waals surface area contributed by atoms with Gasteiger partial charge < -0.3 is 10.3 Å². The maximum atomic E-state index is 13.2. The fourth-order valence-corrected chi connectivity index (χ4v) is 3.56. The molecular formula is C22H19FN4OS. The molecule has 2 aromatic heterocycles. The van der Waals surface area contributed by atoms with E-state index in [1.807, 2.05) is 12.1 Å². The highest BCUT2D eigenvalue weighted by molar-refractivity contribution is 7.99. The molecule has 4 aromatic rings. The third kappa shape index (κ3) is 4.46. The second-order valence-corrected chi connectivity index (χ2v) is 7.77. The number of amides is 1. The molecule has 0 atom stereocenters. The summed E-state index contributed by atoms with van der Waals surface area (Å²) < 4.78 is 13.2. The Labute approximate surface area is 171 Å². The SMILES string of the molecule is Cc1cc2nc(-c3ccc(SCC(=O)Nc4cccc(F)c4)nc3)[nH]c2cc1C. The predicted octanol–water partition coefficient (Wildman–Crippen LogP) is 5.11. The number of halogens is 1. The summed E-state index contributed by atoms with van der Waals surface area (Å²) >= 11 is 1.32. The minimum atomic E-state index is -0.386. The van der Waals surface area contributed by atoms with E-state index in [1.165, 1.54) is 35.0 Å². The second-order valence-electron chi connectivity index (χ2n) is 6.77. The van der Waals surface area contributed by atoms with Crippen LogP contribution in [0.25, 0.3) is 22.4 Å². The zero-order chi connectivity index (χ0) is 20.4. The normalized spacial score (nSPS) is 11.0. The van der Waals surface area contributed by atoms with Gasteiger partial charge in [-0.3, -0.25) is 4.79 Å². The molecule has 29 heavy (non-hydrogen) atoms. The van der Waals surface area contributed by atoms with E-state index in [0.717, 1.165) is 27.4 Å². The summed E-state index contributed by atoms with van der Waals surface area (Å²) in [4.78, 5) is 24.4. The van der Waals surface area contributed by atoms with E-state index in [0.29, 0.717) is 5.69 Å². The molecule has 0 spiro atoms. The average molecular weight is 406 g/mol. The summed E-state index contributed by atoms with van der Waals surface area (Å²) in [6.07, 6.45) is 1.74. The molecule has 0 unspecified atom stereocenters. The van der Waals surface area contributed by atoms with E-state index in [2.05, 4.69) is 46.2 Å². The maximum Gasteiger partial charge on any atom is 0.234 e. The van der Waals surface area contributed by atoms with Gasteiger partial charge in [-0.05, 0) is 67.4 Å². The number of nitrogens with zero attached hydrogens (tertiary/aromatic N) is 2. The van der Waals surface area contributed by atoms with Gasteiger partial charge in [-0.1, -0.05) is 17.8 Å². The third-order valence-electron chi connectivity index (χ3n) is 4.57. The molecule has 0 radical (unpaired) electrons. The number of fused-ring (bicyclic) bond motifs is 1. The van der Waals surface area contributed by atoms with Crippen LogP contribution in [0.15, 0.2) is 59.8 Å². The van der Waals surface area contributed by atoms with E-state index in [9.17, 15) is 9.18 Å². The van der Waals surface area contributed by atoms with Gasteiger partial charge in [0, 0.05) is 17.4 Å². The summed E-state index contributed by atoms with van der Waals surface area (Å²) in [7, 11) is 0. The van der Waals surface area contributed by atoms with Crippen molar-refractivity contribution in [1.82, 2.24) is 15.0 Å². The fourth-order valence-electron chi connectivity index (χ4n) is 2.91. The van der Waals surface area contributed by atoms with Gasteiger partial charge in [0.2, 0.25) is 5.91 Å². The Kier molecular flexibility index (Phi) is 5.31. The molecule has 0 aliphatic rings. The first-order chi connectivity index (χ1) is 14.0. The van der Waals surface area contributed by atoms with Crippen molar-refractivity contribution in [2.24, 2.45) is 0 Å². The Morgan fingerprint density at radius 3 is 2.72 bits per heavy atom. The Hall–Kier alpha value is -3.19. The molecule has 2 N–H and O–H groups in total. The Bertz CT molecular complexity index is 1150. The van der Waals surface area contributed by atoms with Crippen LogP contribution in [0.5, 0.6) is 0 Å². The van der Waals surface area contributed by atoms with Crippen molar-refractivity contribution in [3.63, 3.8) is 0 Å². The minimum Gasteiger partial charge on any atom is -0.338 e. The minimum absolute atomic E-state index is 0.187. The highest BCUT2D eigenvalue weighted by atomic mass is 32.2. The number of hydrogen-bond donors (Lipinski definition) is 2. The Morgan fingerprint density at radius 1 is 1.14 bits per heavy atom. The first-order valence-electron chi connectivity index (χ1n) is 9.09. The average Bonchev–Trinajstić information content (AvgIpc) is 3.10. The third-order valence-corrected chi connectivity index (χ3v) is 5.51. The number of pyridine rings is 1. The van der Waals surface area contributed by atoms with Crippen LogP contribution in [0, 0.1) is 19.7 Å². The Morgan fingerprint density at radius 2 is 1.97 bits per heavy atom. The lowest BCUT2D eigenvalue weighted by Crippen LogP contribution is -2.14. The van der Waals surface area contributed by atoms with Crippen molar-refractivity contribution in [2.75, 3.05) is 11.1 Å². The monoisotopic (exact) mass is 406 g/mol. The standard InChI is InChI=1S/C22H19FN4OS/c1-13-8-18-19(9-14(13)2)27-22(26-18)15-6-7-21(24-11-15)29-12-20(28)25-17-5-3-4-16(23)10-17/h3-11H,12H2,1-2H3,(H,25,28)(H,26,27). The van der Waals surface area contributed by atoms with Crippen LogP contribution in [0.3, 0.4) is 0 Å². The molecule has 0 aliphatic carbocycles. The van der Waals surface area contributed by atoms with Crippen molar-refractivity contribution in [1.29, 1.82) is 0 Å². The van der Waals surface area contributed by atoms with Crippen LogP contribution in [0.2, 0.25) is 0 Å². The number of imidazole rings is 1. The van der Waals surface area contributed by atoms with Gasteiger partial charge in [0.05, 0.1) is 21.8 Å². The van der Waals surface area contributed by atoms with Crippen LogP contribution in [0.1, 0.15) is 11.1 Å². The molecule has 5 nitrogen and oxygen atoms in total. The van der Waals surface area contributed by atoms with E-state index >= 15 is 0 Å². The molecule has 0 saturated carbocycles. The van der Waals surface area contributed by atoms with Gasteiger partial charge in [-0.25, -0.2) is 14.4 Å². The number of H-pyrrole nitrogens is 1. The van der Waals surface area contributed by atoms with Crippen LogP contribution in [-0.2, 0) is 4.79 Å². The van der Waals surface area contributed by atoms with Gasteiger partial charge in [-0.2, -0.15) is 0 Å². The van der Waals surface area contributed by atoms with E-state index in [1.54, 1.807) is 18.3 Å². The summed E-state index contributed by atoms with van der Waals surface area (Å²) in [5, 5.41) is 3.40. The van der Waals surface area contributed by atoms with Gasteiger partial charge in [0.25, 0.3) is 0 Å². The highest BCUT2D eigenvalue weighted by Gasteiger charge is 2.09. The molecule has 7 heteroatoms. The smallest absolute Gasteiger partial charge is 0.234 e. The van der Waals surface area contributed by atoms with Crippen LogP contribution < -0.4 is 5.32 Å². The molecule has 0 aliphatic heterocycles. The predicted molar refractivity (Wildman–Crippen MR) is 115 cm³/mol. The number of aromatic amines is 1. The quantitative estimate of drug-likeness (QED) is 0.452. The molecule has 2 aromatic carbocycles. The summed E-state index contributed by atoms with van der Waals surface area (Å²) in [6, 6.07) is 13.8. The molecule has 146 valence electrons. The van der Waals surface area contributed by atoms with Crippen molar-refractivity contribution in [3.8, 4) is 11.4 Å². The molecular weight excluding hydrogens is 387 g/mol. The zero-order valence-corrected chi connectivity index (χ0v) is 16.8. The van der Waals surface area contributed by atoms with E-state index in [-0.39, 0.29) is 17.5 Å². The zero-order valence-electron chi connectivity index (χ0n) is 16.0. The van der Waals surface area contributed by atoms with Gasteiger partial charge in [0.15, 0.2) is 0 Å². The van der Waals surface area contributed by atoms with Crippen LogP contribution in [-0.4, -0.2) is 26.6 Å². The number of aromatic nitrogens is 3. The molecule has 2 heterocycles. The first kappa shape index (κ1) is 19.1. The number of carbonyl (C=O) groups excluding carboxylic acids is 1. The number of rotatable bonds is 5. The number of benzene rings is 2. The number of nitrogens with one attached hydrogen (secondary N) is 2. The molecule has 0 saturated heterocycles. The molecule has 0 fully saturated rings. The van der Waals surface area contributed by atoms with Gasteiger partial charge in [0.1, 0.15) is 11.6 Å². The van der Waals surface area contributed by atoms with Crippen LogP contribution in [0.4, 0.5) is 10.1 Å². The summed E-state index contributed by atoms with van der Waals surface area (Å²) in [5.41, 5.74) is 5.66. The van der Waals surface area contributed by atoms with E-state index < -0.39 is 0 Å². The topological polar surface area (TPSA) is 70.7 Å². The van der Waals surface area contributed by atoms with E-state index in [4.69, 9.17) is 0 Å². The number of aryl methyl sites for hydroxylation is 2. The number of anilines is 1. The molecule has 1 amide bonds. The van der Waals surface area contributed by atoms with Gasteiger partial charge in [-0.15, -0.1) is 0 Å². The van der Waals surface area contributed by atoms with Crippen molar-refractivity contribution in [2.45, 2.75) is 18.9 Å². The highest BCUT2D eigenvalue weighted by Crippen LogP contribution is 2.24. The van der Waals surface area contributed by atoms with Crippen LogP contribution >= 0.6 is 11.8 Å². The van der Waals surface area contributed by atoms with Crippen molar-refractivity contribution in [3.05, 3.63) is 71.7 Å². The number of carbonyl (C=O) groups is 1. The van der Waals surface area contributed by atoms with Crippen molar-refractivity contribution < 1.29 is 9.18 Å². The second kappa shape index (κ2) is 8.05. The maximum absolute atomic E-state index is 13.2. The molecule has 0 bridgehead atoms. The lowest BCUT2D eigenvalue weighted by atomic mass is 10.1. The summed E-state index contributed by atoms with van der Waals surface area (Å²) in [5.74, 6) is 0.350. The molecule has 4 rings (SSSR count). The lowest BCUT2D eigenvalue weighted by molar-refractivity contribution is -0.113. The lowest BCUT2D eigenvalue weighted by Gasteiger charge is -2.05. The number of thioether (sulfide) groups is 1. The van der Waals surface area contributed by atoms with Gasteiger partial charge >= 0.3 is 0 Å². The fraction of sp³-hybridized carbons (Fsp3) is 0.136. The summed E-state index contributed by atoms with van der Waals surface area (Å²) in [6.45, 7) is 4.15. The largest absolute Gasteiger partial charge is 0.338 e. The Balaban J connectivity index is 1.41.